The number of nitrogens with one attached hydrogen (secondary N) is 1. The van der Waals surface area contributed by atoms with E-state index in [-0.39, 0.29) is 30.4 Å². The number of aliphatic hydroxyl groups excluding tert-OH is 1. The number of hydrogen-bond donors (Lipinski definition) is 2. The van der Waals surface area contributed by atoms with E-state index >= 15 is 0 Å². The summed E-state index contributed by atoms with van der Waals surface area (Å²) in [6.07, 6.45) is 2.94. The van der Waals surface area contributed by atoms with Crippen LogP contribution in [0.25, 0.3) is 10.9 Å². The molecule has 38 heavy (non-hydrogen) atoms. The molecule has 1 aromatic heterocycles. The molecule has 9 nitrogen and oxygen atoms in total. The van der Waals surface area contributed by atoms with E-state index in [0.29, 0.717) is 25.7 Å². The SMILES string of the molecule is Cc1ccc(S(=O)(=O)[C@H]2C(O)N(CCc3c[nH]c4ccccc34)C(=O)C[C@@H]2CCCCOS(C)(=O)=O)cc1. The van der Waals surface area contributed by atoms with E-state index in [4.69, 9.17) is 4.18 Å². The number of sulfone groups is 1. The number of rotatable bonds is 11. The molecule has 0 aliphatic carbocycles. The lowest BCUT2D eigenvalue weighted by atomic mass is 9.89. The third-order valence-corrected chi connectivity index (χ3v) is 9.98. The first kappa shape index (κ1) is 28.3. The van der Waals surface area contributed by atoms with Crippen molar-refractivity contribution in [3.05, 3.63) is 65.9 Å². The van der Waals surface area contributed by atoms with E-state index in [1.165, 1.54) is 17.0 Å². The lowest BCUT2D eigenvalue weighted by Crippen LogP contribution is -2.58. The molecule has 2 aromatic carbocycles. The number of H-pyrrole nitrogens is 1. The highest BCUT2D eigenvalue weighted by Crippen LogP contribution is 2.36. The predicted octanol–water partition coefficient (Wildman–Crippen LogP) is 3.17. The number of likely N-dealkylation sites (tertiary alicyclic amines) is 1. The number of unbranched alkanes of at least 4 members (excludes halogenated alkanes) is 1. The Kier molecular flexibility index (Phi) is 8.61. The van der Waals surface area contributed by atoms with Crippen LogP contribution in [0.1, 0.15) is 36.8 Å². The fourth-order valence-electron chi connectivity index (χ4n) is 5.15. The topological polar surface area (TPSA) is 134 Å². The Morgan fingerprint density at radius 2 is 1.76 bits per heavy atom. The van der Waals surface area contributed by atoms with Crippen molar-refractivity contribution in [2.75, 3.05) is 19.4 Å². The Morgan fingerprint density at radius 1 is 1.05 bits per heavy atom. The molecular formula is C27H34N2O7S2. The van der Waals surface area contributed by atoms with E-state index < -0.39 is 37.4 Å². The molecule has 1 aliphatic rings. The van der Waals surface area contributed by atoms with Crippen LogP contribution in [0.3, 0.4) is 0 Å². The molecular weight excluding hydrogens is 528 g/mol. The fourth-order valence-corrected chi connectivity index (χ4v) is 7.60. The molecule has 1 saturated heterocycles. The monoisotopic (exact) mass is 562 g/mol. The average molecular weight is 563 g/mol. The van der Waals surface area contributed by atoms with Gasteiger partial charge in [0.1, 0.15) is 11.5 Å². The lowest BCUT2D eigenvalue weighted by Gasteiger charge is -2.42. The van der Waals surface area contributed by atoms with Crippen molar-refractivity contribution in [3.8, 4) is 0 Å². The minimum Gasteiger partial charge on any atom is -0.372 e. The number of para-hydroxylation sites is 1. The van der Waals surface area contributed by atoms with Crippen molar-refractivity contribution in [1.82, 2.24) is 9.88 Å². The second-order valence-corrected chi connectivity index (χ2v) is 13.7. The van der Waals surface area contributed by atoms with Crippen LogP contribution in [0.4, 0.5) is 0 Å². The number of fused-ring (bicyclic) bond motifs is 1. The standard InChI is InChI=1S/C27H34N2O7S2/c1-19-10-12-22(13-11-19)38(34,35)26-20(7-5-6-16-36-37(2,32)33)17-25(30)29(27(26)31)15-14-21-18-28-24-9-4-3-8-23(21)24/h3-4,8-13,18,20,26-28,31H,5-7,14-17H2,1-2H3/t20-,26+,27?/m0/s1. The maximum atomic E-state index is 13.8. The zero-order chi connectivity index (χ0) is 27.5. The quantitative estimate of drug-likeness (QED) is 0.271. The van der Waals surface area contributed by atoms with Gasteiger partial charge >= 0.3 is 0 Å². The second kappa shape index (κ2) is 11.6. The molecule has 0 saturated carbocycles. The van der Waals surface area contributed by atoms with Gasteiger partial charge in [0, 0.05) is 30.1 Å². The van der Waals surface area contributed by atoms with Crippen molar-refractivity contribution >= 4 is 36.8 Å². The normalized spacial score (nSPS) is 20.8. The van der Waals surface area contributed by atoms with Crippen LogP contribution in [-0.4, -0.2) is 68.6 Å². The Hall–Kier alpha value is -2.73. The second-order valence-electron chi connectivity index (χ2n) is 9.92. The summed E-state index contributed by atoms with van der Waals surface area (Å²) in [5, 5.41) is 11.2. The third kappa shape index (κ3) is 6.45. The molecule has 2 heterocycles. The van der Waals surface area contributed by atoms with Gasteiger partial charge in [-0.15, -0.1) is 0 Å². The first-order chi connectivity index (χ1) is 18.0. The smallest absolute Gasteiger partial charge is 0.264 e. The van der Waals surface area contributed by atoms with Crippen LogP contribution in [0.5, 0.6) is 0 Å². The van der Waals surface area contributed by atoms with Crippen molar-refractivity contribution in [3.63, 3.8) is 0 Å². The summed E-state index contributed by atoms with van der Waals surface area (Å²) in [5.74, 6) is -0.920. The predicted molar refractivity (Wildman–Crippen MR) is 145 cm³/mol. The number of aromatic nitrogens is 1. The molecule has 3 atom stereocenters. The summed E-state index contributed by atoms with van der Waals surface area (Å²) >= 11 is 0. The van der Waals surface area contributed by atoms with Gasteiger partial charge in [0.05, 0.1) is 17.8 Å². The van der Waals surface area contributed by atoms with E-state index in [0.717, 1.165) is 28.3 Å². The number of benzene rings is 2. The zero-order valence-corrected chi connectivity index (χ0v) is 23.2. The summed E-state index contributed by atoms with van der Waals surface area (Å²) in [6, 6.07) is 14.3. The minimum atomic E-state index is -3.98. The van der Waals surface area contributed by atoms with Gasteiger partial charge in [-0.25, -0.2) is 8.42 Å². The number of carbonyl (C=O) groups excluding carboxylic acids is 1. The largest absolute Gasteiger partial charge is 0.372 e. The molecule has 0 radical (unpaired) electrons. The Morgan fingerprint density at radius 3 is 2.47 bits per heavy atom. The van der Waals surface area contributed by atoms with Gasteiger partial charge in [0.25, 0.3) is 10.1 Å². The molecule has 3 aromatic rings. The maximum absolute atomic E-state index is 13.8. The minimum absolute atomic E-state index is 0.0197. The molecule has 1 fully saturated rings. The van der Waals surface area contributed by atoms with Gasteiger partial charge in [-0.2, -0.15) is 8.42 Å². The Balaban J connectivity index is 1.55. The molecule has 11 heteroatoms. The zero-order valence-electron chi connectivity index (χ0n) is 21.5. The molecule has 1 aliphatic heterocycles. The average Bonchev–Trinajstić information content (AvgIpc) is 3.26. The molecule has 0 bridgehead atoms. The van der Waals surface area contributed by atoms with Gasteiger partial charge in [0.2, 0.25) is 5.91 Å². The highest BCUT2D eigenvalue weighted by Gasteiger charge is 2.48. The van der Waals surface area contributed by atoms with Gasteiger partial charge in [-0.05, 0) is 55.9 Å². The first-order valence-electron chi connectivity index (χ1n) is 12.6. The van der Waals surface area contributed by atoms with Crippen molar-refractivity contribution < 1.29 is 30.9 Å². The molecule has 4 rings (SSSR count). The van der Waals surface area contributed by atoms with Gasteiger partial charge in [-0.1, -0.05) is 42.3 Å². The van der Waals surface area contributed by atoms with Crippen molar-refractivity contribution in [1.29, 1.82) is 0 Å². The molecule has 0 spiro atoms. The van der Waals surface area contributed by atoms with Crippen LogP contribution >= 0.6 is 0 Å². The van der Waals surface area contributed by atoms with E-state index in [9.17, 15) is 26.7 Å². The Labute approximate surface area is 223 Å². The number of aliphatic hydroxyl groups is 1. The summed E-state index contributed by atoms with van der Waals surface area (Å²) in [7, 11) is -7.55. The molecule has 206 valence electrons. The number of amides is 1. The number of carbonyl (C=O) groups is 1. The number of aryl methyl sites for hydroxylation is 1. The van der Waals surface area contributed by atoms with Crippen LogP contribution < -0.4 is 0 Å². The van der Waals surface area contributed by atoms with Crippen LogP contribution in [0, 0.1) is 12.8 Å². The van der Waals surface area contributed by atoms with E-state index in [1.807, 2.05) is 37.4 Å². The number of aromatic amines is 1. The summed E-state index contributed by atoms with van der Waals surface area (Å²) < 4.78 is 54.8. The number of hydrogen-bond acceptors (Lipinski definition) is 7. The lowest BCUT2D eigenvalue weighted by molar-refractivity contribution is -0.149. The third-order valence-electron chi connectivity index (χ3n) is 7.11. The number of nitrogens with zero attached hydrogens (tertiary/aromatic N) is 1. The number of piperidine rings is 1. The highest BCUT2D eigenvalue weighted by molar-refractivity contribution is 7.92. The molecule has 1 amide bonds. The van der Waals surface area contributed by atoms with Gasteiger partial charge in [-0.3, -0.25) is 8.98 Å². The summed E-state index contributed by atoms with van der Waals surface area (Å²) in [4.78, 5) is 17.7. The molecule has 2 N–H and O–H groups in total. The maximum Gasteiger partial charge on any atom is 0.264 e. The molecule has 1 unspecified atom stereocenters. The van der Waals surface area contributed by atoms with Crippen LogP contribution in [0.2, 0.25) is 0 Å². The summed E-state index contributed by atoms with van der Waals surface area (Å²) in [5.41, 5.74) is 2.85. The van der Waals surface area contributed by atoms with E-state index in [1.54, 1.807) is 12.1 Å². The van der Waals surface area contributed by atoms with Crippen molar-refractivity contribution in [2.24, 2.45) is 5.92 Å². The van der Waals surface area contributed by atoms with Gasteiger partial charge in [0.15, 0.2) is 9.84 Å². The first-order valence-corrected chi connectivity index (χ1v) is 16.0. The Bertz CT molecular complexity index is 1480. The van der Waals surface area contributed by atoms with Crippen LogP contribution in [-0.2, 0) is 35.4 Å². The van der Waals surface area contributed by atoms with Crippen molar-refractivity contribution in [2.45, 2.75) is 55.4 Å². The van der Waals surface area contributed by atoms with Crippen LogP contribution in [0.15, 0.2) is 59.6 Å². The fraction of sp³-hybridized carbons (Fsp3) is 0.444. The highest BCUT2D eigenvalue weighted by atomic mass is 32.2. The van der Waals surface area contributed by atoms with E-state index in [2.05, 4.69) is 4.98 Å². The van der Waals surface area contributed by atoms with Gasteiger partial charge < -0.3 is 15.0 Å². The summed E-state index contributed by atoms with van der Waals surface area (Å²) in [6.45, 7) is 2.02.